The lowest BCUT2D eigenvalue weighted by Crippen LogP contribution is -2.32. The van der Waals surface area contributed by atoms with E-state index in [1.54, 1.807) is 0 Å². The number of hydrogen-bond donors (Lipinski definition) is 0. The van der Waals surface area contributed by atoms with Crippen LogP contribution in [0.25, 0.3) is 89.4 Å². The van der Waals surface area contributed by atoms with Crippen LogP contribution in [0.15, 0.2) is 228 Å². The zero-order valence-corrected chi connectivity index (χ0v) is 35.3. The van der Waals surface area contributed by atoms with Crippen LogP contribution in [-0.4, -0.2) is 19.9 Å². The molecule has 1 aliphatic carbocycles. The van der Waals surface area contributed by atoms with Gasteiger partial charge in [0, 0.05) is 48.2 Å². The molecule has 298 valence electrons. The first-order valence-electron chi connectivity index (χ1n) is 21.6. The summed E-state index contributed by atoms with van der Waals surface area (Å²) < 4.78 is 0. The van der Waals surface area contributed by atoms with Crippen LogP contribution in [0.3, 0.4) is 0 Å². The van der Waals surface area contributed by atoms with E-state index in [0.29, 0.717) is 17.5 Å². The fourth-order valence-electron chi connectivity index (χ4n) is 10.2. The van der Waals surface area contributed by atoms with Crippen LogP contribution in [-0.2, 0) is 5.41 Å². The van der Waals surface area contributed by atoms with Crippen LogP contribution in [0, 0.1) is 0 Å². The Balaban J connectivity index is 1.03. The zero-order chi connectivity index (χ0) is 42.2. The first kappa shape index (κ1) is 36.6. The SMILES string of the molecule is c1ccc(-c2nc(-c3ccccc3)nc(-c3ccc(-c4ccc5c(c4)C4(c6ccccc6Sc6ccccc64)c4ccc6c(-c7ccccc7)nc7ccccc7c6c4-5)cc3)n2)cc1. The van der Waals surface area contributed by atoms with Crippen molar-refractivity contribution in [1.29, 1.82) is 0 Å². The Labute approximate surface area is 375 Å². The van der Waals surface area contributed by atoms with Gasteiger partial charge in [-0.15, -0.1) is 0 Å². The first-order chi connectivity index (χ1) is 31.7. The van der Waals surface area contributed by atoms with Gasteiger partial charge in [-0.05, 0) is 68.8 Å². The molecule has 9 aromatic carbocycles. The van der Waals surface area contributed by atoms with Gasteiger partial charge in [0.15, 0.2) is 17.5 Å². The van der Waals surface area contributed by atoms with Gasteiger partial charge < -0.3 is 0 Å². The van der Waals surface area contributed by atoms with Crippen molar-refractivity contribution in [2.75, 3.05) is 0 Å². The topological polar surface area (TPSA) is 51.6 Å². The molecular formula is C59H36N4S. The third kappa shape index (κ3) is 5.57. The highest BCUT2D eigenvalue weighted by atomic mass is 32.2. The minimum atomic E-state index is -0.558. The van der Waals surface area contributed by atoms with Gasteiger partial charge in [-0.1, -0.05) is 206 Å². The Morgan fingerprint density at radius 2 is 0.828 bits per heavy atom. The number of rotatable bonds is 5. The smallest absolute Gasteiger partial charge is 0.164 e. The van der Waals surface area contributed by atoms with Crippen LogP contribution in [0.5, 0.6) is 0 Å². The van der Waals surface area contributed by atoms with E-state index in [0.717, 1.165) is 55.4 Å². The number of fused-ring (bicyclic) bond motifs is 13. The summed E-state index contributed by atoms with van der Waals surface area (Å²) in [6.07, 6.45) is 0. The molecule has 0 radical (unpaired) electrons. The average molecular weight is 833 g/mol. The van der Waals surface area contributed by atoms with Crippen LogP contribution in [0.2, 0.25) is 0 Å². The maximum absolute atomic E-state index is 5.34. The zero-order valence-electron chi connectivity index (χ0n) is 34.5. The van der Waals surface area contributed by atoms with E-state index in [1.165, 1.54) is 48.6 Å². The molecule has 1 aliphatic heterocycles. The van der Waals surface area contributed by atoms with Crippen molar-refractivity contribution in [3.63, 3.8) is 0 Å². The molecule has 0 N–H and O–H groups in total. The van der Waals surface area contributed by atoms with Gasteiger partial charge in [0.1, 0.15) is 0 Å². The summed E-state index contributed by atoms with van der Waals surface area (Å²) in [6.45, 7) is 0. The molecule has 11 aromatic rings. The fourth-order valence-corrected chi connectivity index (χ4v) is 11.4. The summed E-state index contributed by atoms with van der Waals surface area (Å²) in [5.74, 6) is 1.93. The van der Waals surface area contributed by atoms with Crippen molar-refractivity contribution in [1.82, 2.24) is 19.9 Å². The third-order valence-corrected chi connectivity index (χ3v) is 14.1. The van der Waals surface area contributed by atoms with Crippen molar-refractivity contribution in [3.8, 4) is 67.7 Å². The Morgan fingerprint density at radius 1 is 0.328 bits per heavy atom. The van der Waals surface area contributed by atoms with E-state index >= 15 is 0 Å². The second kappa shape index (κ2) is 14.6. The maximum Gasteiger partial charge on any atom is 0.164 e. The van der Waals surface area contributed by atoms with E-state index in [2.05, 4.69) is 158 Å². The number of aromatic nitrogens is 4. The van der Waals surface area contributed by atoms with Crippen LogP contribution in [0.1, 0.15) is 22.3 Å². The molecule has 5 heteroatoms. The lowest BCUT2D eigenvalue weighted by atomic mass is 9.67. The molecule has 0 saturated carbocycles. The highest BCUT2D eigenvalue weighted by molar-refractivity contribution is 7.99. The molecule has 0 saturated heterocycles. The number of benzene rings is 9. The van der Waals surface area contributed by atoms with E-state index < -0.39 is 5.41 Å². The van der Waals surface area contributed by atoms with Crippen molar-refractivity contribution in [3.05, 3.63) is 241 Å². The van der Waals surface area contributed by atoms with Gasteiger partial charge in [0.2, 0.25) is 0 Å². The van der Waals surface area contributed by atoms with E-state index in [4.69, 9.17) is 19.9 Å². The largest absolute Gasteiger partial charge is 0.247 e. The Bertz CT molecular complexity index is 3520. The lowest BCUT2D eigenvalue weighted by Gasteiger charge is -2.39. The number of hydrogen-bond acceptors (Lipinski definition) is 5. The van der Waals surface area contributed by atoms with Crippen molar-refractivity contribution < 1.29 is 0 Å². The van der Waals surface area contributed by atoms with E-state index in [1.807, 2.05) is 72.4 Å². The normalized spacial score (nSPS) is 13.1. The summed E-state index contributed by atoms with van der Waals surface area (Å²) in [7, 11) is 0. The van der Waals surface area contributed by atoms with Gasteiger partial charge in [-0.3, -0.25) is 0 Å². The molecule has 0 unspecified atom stereocenters. The number of para-hydroxylation sites is 1. The lowest BCUT2D eigenvalue weighted by molar-refractivity contribution is 0.723. The van der Waals surface area contributed by atoms with E-state index in [9.17, 15) is 0 Å². The first-order valence-corrected chi connectivity index (χ1v) is 22.4. The average Bonchev–Trinajstić information content (AvgIpc) is 3.66. The highest BCUT2D eigenvalue weighted by Crippen LogP contribution is 2.64. The Hall–Kier alpha value is -7.99. The molecule has 4 nitrogen and oxygen atoms in total. The van der Waals surface area contributed by atoms with Crippen molar-refractivity contribution in [2.45, 2.75) is 15.2 Å². The summed E-state index contributed by atoms with van der Waals surface area (Å²) >= 11 is 1.87. The molecular weight excluding hydrogens is 797 g/mol. The molecule has 0 atom stereocenters. The molecule has 13 rings (SSSR count). The fraction of sp³-hybridized carbons (Fsp3) is 0.0169. The maximum atomic E-state index is 5.34. The second-order valence-electron chi connectivity index (χ2n) is 16.5. The second-order valence-corrected chi connectivity index (χ2v) is 17.6. The summed E-state index contributed by atoms with van der Waals surface area (Å²) in [5, 5.41) is 3.56. The van der Waals surface area contributed by atoms with Gasteiger partial charge in [0.25, 0.3) is 0 Å². The van der Waals surface area contributed by atoms with Gasteiger partial charge in [0.05, 0.1) is 16.6 Å². The summed E-state index contributed by atoms with van der Waals surface area (Å²) in [4.78, 5) is 22.8. The predicted octanol–water partition coefficient (Wildman–Crippen LogP) is 14.7. The standard InChI is InChI=1S/C59H36N4S/c1-4-16-38(17-5-1)55-45-34-35-48-54(53(45)44-22-10-13-25-50(44)60-55)43-33-32-42(36-49(43)59(48)46-23-11-14-26-51(46)64-52-27-15-12-24-47(52)59)37-28-30-41(31-29-37)58-62-56(39-18-6-2-7-19-39)61-57(63-58)40-20-8-3-9-21-40/h1-36H. The molecule has 64 heavy (non-hydrogen) atoms. The molecule has 2 aromatic heterocycles. The molecule has 0 amide bonds. The van der Waals surface area contributed by atoms with Gasteiger partial charge in [-0.2, -0.15) is 0 Å². The summed E-state index contributed by atoms with van der Waals surface area (Å²) in [5.41, 5.74) is 15.4. The Kier molecular flexibility index (Phi) is 8.33. The van der Waals surface area contributed by atoms with Crippen molar-refractivity contribution in [2.24, 2.45) is 0 Å². The number of pyridine rings is 1. The van der Waals surface area contributed by atoms with Crippen molar-refractivity contribution >= 4 is 33.4 Å². The molecule has 1 spiro atoms. The summed E-state index contributed by atoms with van der Waals surface area (Å²) in [6, 6.07) is 78.2. The molecule has 0 fully saturated rings. The van der Waals surface area contributed by atoms with E-state index in [-0.39, 0.29) is 0 Å². The van der Waals surface area contributed by atoms with Crippen LogP contribution >= 0.6 is 11.8 Å². The predicted molar refractivity (Wildman–Crippen MR) is 261 cm³/mol. The molecule has 3 heterocycles. The highest BCUT2D eigenvalue weighted by Gasteiger charge is 2.51. The van der Waals surface area contributed by atoms with Crippen LogP contribution in [0.4, 0.5) is 0 Å². The Morgan fingerprint density at radius 3 is 1.45 bits per heavy atom. The minimum absolute atomic E-state index is 0.558. The minimum Gasteiger partial charge on any atom is -0.247 e. The third-order valence-electron chi connectivity index (χ3n) is 13.0. The van der Waals surface area contributed by atoms with Crippen LogP contribution < -0.4 is 0 Å². The molecule has 2 aliphatic rings. The quantitative estimate of drug-likeness (QED) is 0.162. The van der Waals surface area contributed by atoms with Gasteiger partial charge in [-0.25, -0.2) is 19.9 Å². The van der Waals surface area contributed by atoms with Gasteiger partial charge >= 0.3 is 0 Å². The number of nitrogens with zero attached hydrogens (tertiary/aromatic N) is 4. The molecule has 0 bridgehead atoms. The monoisotopic (exact) mass is 832 g/mol.